The summed E-state index contributed by atoms with van der Waals surface area (Å²) in [6.07, 6.45) is 0.968. The zero-order valence-electron chi connectivity index (χ0n) is 11.3. The third-order valence-corrected chi connectivity index (χ3v) is 2.62. The first-order valence-electron chi connectivity index (χ1n) is 6.21. The first-order valence-corrected chi connectivity index (χ1v) is 6.21. The van der Waals surface area contributed by atoms with Gasteiger partial charge in [-0.25, -0.2) is 0 Å². The smallest absolute Gasteiger partial charge is 0.147 e. The van der Waals surface area contributed by atoms with Crippen LogP contribution in [0.5, 0.6) is 0 Å². The van der Waals surface area contributed by atoms with Gasteiger partial charge in [0.2, 0.25) is 0 Å². The quantitative estimate of drug-likeness (QED) is 0.715. The van der Waals surface area contributed by atoms with E-state index in [9.17, 15) is 0 Å². The van der Waals surface area contributed by atoms with Gasteiger partial charge >= 0.3 is 0 Å². The molecule has 17 heavy (non-hydrogen) atoms. The Kier molecular flexibility index (Phi) is 5.28. The van der Waals surface area contributed by atoms with Gasteiger partial charge in [-0.05, 0) is 19.3 Å². The van der Waals surface area contributed by atoms with Crippen molar-refractivity contribution in [1.29, 1.82) is 0 Å². The largest absolute Gasteiger partial charge is 0.394 e. The molecule has 5 nitrogen and oxygen atoms in total. The summed E-state index contributed by atoms with van der Waals surface area (Å²) in [6, 6.07) is 0. The molecule has 0 aliphatic rings. The molecule has 1 aromatic rings. The molecule has 0 spiro atoms. The summed E-state index contributed by atoms with van der Waals surface area (Å²) >= 11 is 0. The highest BCUT2D eigenvalue weighted by Crippen LogP contribution is 2.27. The maximum atomic E-state index is 6.07. The summed E-state index contributed by atoms with van der Waals surface area (Å²) in [7, 11) is 1.91. The Labute approximate surface area is 103 Å². The van der Waals surface area contributed by atoms with E-state index in [-0.39, 0.29) is 0 Å². The van der Waals surface area contributed by atoms with Crippen LogP contribution in [0.3, 0.4) is 0 Å². The molecule has 0 aromatic carbocycles. The number of anilines is 2. The highest BCUT2D eigenvalue weighted by atomic mass is 16.5. The van der Waals surface area contributed by atoms with E-state index in [4.69, 9.17) is 10.5 Å². The number of nitrogen functional groups attached to an aromatic ring is 1. The molecule has 1 rings (SSSR count). The van der Waals surface area contributed by atoms with E-state index < -0.39 is 0 Å². The fourth-order valence-electron chi connectivity index (χ4n) is 1.72. The van der Waals surface area contributed by atoms with Gasteiger partial charge in [0.15, 0.2) is 0 Å². The Hall–Kier alpha value is -1.23. The molecular weight excluding hydrogens is 216 g/mol. The number of nitrogens with zero attached hydrogens (tertiary/aromatic N) is 2. The van der Waals surface area contributed by atoms with Crippen LogP contribution in [0.2, 0.25) is 0 Å². The predicted octanol–water partition coefficient (Wildman–Crippen LogP) is 1.96. The van der Waals surface area contributed by atoms with Crippen LogP contribution < -0.4 is 11.1 Å². The Balaban J connectivity index is 2.53. The number of hydrogen-bond donors (Lipinski definition) is 2. The number of aromatic nitrogens is 2. The molecule has 0 saturated heterocycles. The molecule has 1 heterocycles. The molecular formula is C12H24N4O. The lowest BCUT2D eigenvalue weighted by Crippen LogP contribution is -2.10. The van der Waals surface area contributed by atoms with Crippen LogP contribution in [0.1, 0.15) is 38.8 Å². The third-order valence-electron chi connectivity index (χ3n) is 2.62. The number of nitrogens with one attached hydrogen (secondary N) is 1. The zero-order valence-corrected chi connectivity index (χ0v) is 11.3. The summed E-state index contributed by atoms with van der Waals surface area (Å²) in [5.41, 5.74) is 7.79. The van der Waals surface area contributed by atoms with Crippen LogP contribution >= 0.6 is 0 Å². The van der Waals surface area contributed by atoms with E-state index in [2.05, 4.69) is 24.3 Å². The minimum Gasteiger partial charge on any atom is -0.394 e. The van der Waals surface area contributed by atoms with E-state index in [0.29, 0.717) is 5.92 Å². The van der Waals surface area contributed by atoms with Crippen molar-refractivity contribution in [1.82, 2.24) is 9.78 Å². The molecule has 0 bridgehead atoms. The van der Waals surface area contributed by atoms with Crippen LogP contribution in [0.15, 0.2) is 0 Å². The molecule has 0 saturated carbocycles. The van der Waals surface area contributed by atoms with E-state index in [1.165, 1.54) is 0 Å². The zero-order chi connectivity index (χ0) is 12.8. The Morgan fingerprint density at radius 2 is 2.18 bits per heavy atom. The van der Waals surface area contributed by atoms with Crippen LogP contribution in [-0.2, 0) is 11.8 Å². The van der Waals surface area contributed by atoms with Gasteiger partial charge in [0.1, 0.15) is 5.82 Å². The van der Waals surface area contributed by atoms with Gasteiger partial charge in [0.05, 0.1) is 11.4 Å². The second-order valence-corrected chi connectivity index (χ2v) is 4.40. The molecule has 1 aromatic heterocycles. The van der Waals surface area contributed by atoms with E-state index in [1.807, 2.05) is 18.7 Å². The van der Waals surface area contributed by atoms with Crippen LogP contribution in [-0.4, -0.2) is 29.5 Å². The Morgan fingerprint density at radius 1 is 1.47 bits per heavy atom. The van der Waals surface area contributed by atoms with Crippen LogP contribution in [0.4, 0.5) is 11.5 Å². The molecule has 0 aliphatic heterocycles. The normalized spacial score (nSPS) is 11.1. The van der Waals surface area contributed by atoms with Crippen molar-refractivity contribution in [3.63, 3.8) is 0 Å². The van der Waals surface area contributed by atoms with Gasteiger partial charge in [-0.2, -0.15) is 5.10 Å². The molecule has 0 atom stereocenters. The van der Waals surface area contributed by atoms with Gasteiger partial charge in [0.25, 0.3) is 0 Å². The molecule has 3 N–H and O–H groups in total. The molecule has 0 unspecified atom stereocenters. The average molecular weight is 240 g/mol. The van der Waals surface area contributed by atoms with Crippen LogP contribution in [0.25, 0.3) is 0 Å². The molecule has 98 valence electrons. The molecule has 0 fully saturated rings. The molecule has 5 heteroatoms. The van der Waals surface area contributed by atoms with Crippen molar-refractivity contribution < 1.29 is 4.74 Å². The van der Waals surface area contributed by atoms with Gasteiger partial charge in [-0.3, -0.25) is 4.68 Å². The van der Waals surface area contributed by atoms with Gasteiger partial charge in [0, 0.05) is 26.8 Å². The van der Waals surface area contributed by atoms with Crippen molar-refractivity contribution in [2.24, 2.45) is 7.05 Å². The Bertz CT molecular complexity index is 347. The second-order valence-electron chi connectivity index (χ2n) is 4.40. The van der Waals surface area contributed by atoms with Crippen molar-refractivity contribution >= 4 is 11.5 Å². The van der Waals surface area contributed by atoms with Gasteiger partial charge in [-0.1, -0.05) is 13.8 Å². The molecule has 0 amide bonds. The second kappa shape index (κ2) is 6.49. The van der Waals surface area contributed by atoms with E-state index in [0.717, 1.165) is 43.4 Å². The maximum absolute atomic E-state index is 6.07. The van der Waals surface area contributed by atoms with Crippen molar-refractivity contribution in [2.75, 3.05) is 30.8 Å². The monoisotopic (exact) mass is 240 g/mol. The number of aryl methyl sites for hydroxylation is 1. The fourth-order valence-corrected chi connectivity index (χ4v) is 1.72. The van der Waals surface area contributed by atoms with E-state index in [1.54, 1.807) is 0 Å². The summed E-state index contributed by atoms with van der Waals surface area (Å²) in [5, 5.41) is 7.73. The first-order chi connectivity index (χ1) is 8.07. The van der Waals surface area contributed by atoms with Crippen molar-refractivity contribution in [3.05, 3.63) is 5.69 Å². The highest BCUT2D eigenvalue weighted by molar-refractivity contribution is 5.65. The topological polar surface area (TPSA) is 65.1 Å². The minimum absolute atomic E-state index is 0.347. The summed E-state index contributed by atoms with van der Waals surface area (Å²) < 4.78 is 7.09. The number of nitrogens with two attached hydrogens (primary N) is 1. The third kappa shape index (κ3) is 3.63. The SMILES string of the molecule is CCOCCCNc1c(N)c(C(C)C)nn1C. The van der Waals surface area contributed by atoms with Gasteiger partial charge < -0.3 is 15.8 Å². The fraction of sp³-hybridized carbons (Fsp3) is 0.750. The average Bonchev–Trinajstić information content (AvgIpc) is 2.56. The lowest BCUT2D eigenvalue weighted by Gasteiger charge is -2.07. The molecule has 0 radical (unpaired) electrons. The van der Waals surface area contributed by atoms with Gasteiger partial charge in [-0.15, -0.1) is 0 Å². The number of hydrogen-bond acceptors (Lipinski definition) is 4. The lowest BCUT2D eigenvalue weighted by molar-refractivity contribution is 0.147. The summed E-state index contributed by atoms with van der Waals surface area (Å²) in [6.45, 7) is 8.58. The number of ether oxygens (including phenoxy) is 1. The maximum Gasteiger partial charge on any atom is 0.147 e. The van der Waals surface area contributed by atoms with Crippen molar-refractivity contribution in [2.45, 2.75) is 33.1 Å². The lowest BCUT2D eigenvalue weighted by atomic mass is 10.1. The van der Waals surface area contributed by atoms with Crippen LogP contribution in [0, 0.1) is 0 Å². The Morgan fingerprint density at radius 3 is 2.71 bits per heavy atom. The molecule has 0 aliphatic carbocycles. The van der Waals surface area contributed by atoms with E-state index >= 15 is 0 Å². The predicted molar refractivity (Wildman–Crippen MR) is 71.3 cm³/mol. The first kappa shape index (κ1) is 13.8. The minimum atomic E-state index is 0.347. The summed E-state index contributed by atoms with van der Waals surface area (Å²) in [4.78, 5) is 0. The summed E-state index contributed by atoms with van der Waals surface area (Å²) in [5.74, 6) is 1.25. The van der Waals surface area contributed by atoms with Crippen molar-refractivity contribution in [3.8, 4) is 0 Å². The number of rotatable bonds is 7. The highest BCUT2D eigenvalue weighted by Gasteiger charge is 2.15. The standard InChI is InChI=1S/C12H24N4O/c1-5-17-8-6-7-14-12-10(13)11(9(2)3)15-16(12)4/h9,14H,5-8,13H2,1-4H3.